The van der Waals surface area contributed by atoms with Gasteiger partial charge in [-0.15, -0.1) is 0 Å². The number of aromatic amines is 1. The molecule has 0 saturated carbocycles. The Balaban J connectivity index is 2.26. The van der Waals surface area contributed by atoms with Crippen molar-refractivity contribution in [1.82, 2.24) is 15.3 Å². The monoisotopic (exact) mass is 363 g/mol. The lowest BCUT2D eigenvalue weighted by Gasteiger charge is -2.24. The molecule has 0 aliphatic rings. The Kier molecular flexibility index (Phi) is 5.85. The Bertz CT molecular complexity index is 794. The minimum atomic E-state index is -0.604. The van der Waals surface area contributed by atoms with Gasteiger partial charge in [0, 0.05) is 17.5 Å². The maximum absolute atomic E-state index is 12.2. The second-order valence-corrected chi connectivity index (χ2v) is 7.21. The van der Waals surface area contributed by atoms with Gasteiger partial charge in [0.15, 0.2) is 0 Å². The van der Waals surface area contributed by atoms with Gasteiger partial charge in [-0.05, 0) is 45.4 Å². The van der Waals surface area contributed by atoms with Gasteiger partial charge in [0.2, 0.25) is 0 Å². The Hall–Kier alpha value is -2.34. The number of halogens is 1. The molecule has 2 N–H and O–H groups in total. The van der Waals surface area contributed by atoms with Crippen LogP contribution in [0.4, 0.5) is 4.79 Å². The van der Waals surface area contributed by atoms with Crippen LogP contribution >= 0.6 is 11.6 Å². The highest BCUT2D eigenvalue weighted by molar-refractivity contribution is 6.30. The van der Waals surface area contributed by atoms with Crippen LogP contribution < -0.4 is 10.9 Å². The van der Waals surface area contributed by atoms with E-state index in [0.717, 1.165) is 5.56 Å². The van der Waals surface area contributed by atoms with Crippen LogP contribution in [0.15, 0.2) is 35.1 Å². The molecule has 1 atom stereocenters. The van der Waals surface area contributed by atoms with E-state index in [-0.39, 0.29) is 5.56 Å². The largest absolute Gasteiger partial charge is 0.444 e. The maximum Gasteiger partial charge on any atom is 0.408 e. The molecular formula is C18H22ClN3O3. The van der Waals surface area contributed by atoms with Crippen molar-refractivity contribution in [3.8, 4) is 0 Å². The Labute approximate surface area is 151 Å². The Morgan fingerprint density at radius 3 is 2.52 bits per heavy atom. The van der Waals surface area contributed by atoms with Crippen molar-refractivity contribution in [3.63, 3.8) is 0 Å². The van der Waals surface area contributed by atoms with E-state index in [1.165, 1.54) is 6.07 Å². The summed E-state index contributed by atoms with van der Waals surface area (Å²) in [6.45, 7) is 7.10. The molecule has 1 aromatic heterocycles. The van der Waals surface area contributed by atoms with Crippen molar-refractivity contribution in [3.05, 3.63) is 62.8 Å². The van der Waals surface area contributed by atoms with Crippen molar-refractivity contribution < 1.29 is 9.53 Å². The molecule has 134 valence electrons. The first-order valence-electron chi connectivity index (χ1n) is 7.94. The van der Waals surface area contributed by atoms with Gasteiger partial charge in [0.05, 0.1) is 11.7 Å². The normalized spacial score (nSPS) is 12.5. The van der Waals surface area contributed by atoms with E-state index in [9.17, 15) is 9.59 Å². The number of carbonyl (C=O) groups excluding carboxylic acids is 1. The van der Waals surface area contributed by atoms with Crippen molar-refractivity contribution in [2.24, 2.45) is 0 Å². The number of nitrogens with zero attached hydrogens (tertiary/aromatic N) is 1. The smallest absolute Gasteiger partial charge is 0.408 e. The Morgan fingerprint density at radius 2 is 1.96 bits per heavy atom. The molecule has 2 aromatic rings. The number of alkyl carbamates (subject to hydrolysis) is 1. The third kappa shape index (κ3) is 6.23. The quantitative estimate of drug-likeness (QED) is 0.870. The highest BCUT2D eigenvalue weighted by Crippen LogP contribution is 2.20. The number of nitrogens with one attached hydrogen (secondary N) is 2. The minimum Gasteiger partial charge on any atom is -0.444 e. The van der Waals surface area contributed by atoms with Crippen molar-refractivity contribution in [2.75, 3.05) is 0 Å². The fraction of sp³-hybridized carbons (Fsp3) is 0.389. The zero-order valence-electron chi connectivity index (χ0n) is 14.7. The van der Waals surface area contributed by atoms with Crippen LogP contribution in [0.25, 0.3) is 0 Å². The number of hydrogen-bond donors (Lipinski definition) is 2. The number of ether oxygens (including phenoxy) is 1. The highest BCUT2D eigenvalue weighted by Gasteiger charge is 2.21. The summed E-state index contributed by atoms with van der Waals surface area (Å²) in [5.74, 6) is 0.523. The molecule has 1 aromatic carbocycles. The molecule has 0 aliphatic carbocycles. The van der Waals surface area contributed by atoms with Crippen LogP contribution in [-0.2, 0) is 11.2 Å². The molecule has 0 bridgehead atoms. The first-order chi connectivity index (χ1) is 11.6. The van der Waals surface area contributed by atoms with Gasteiger partial charge in [0.25, 0.3) is 5.56 Å². The van der Waals surface area contributed by atoms with E-state index in [2.05, 4.69) is 15.3 Å². The van der Waals surface area contributed by atoms with E-state index < -0.39 is 17.7 Å². The number of amides is 1. The predicted molar refractivity (Wildman–Crippen MR) is 96.9 cm³/mol. The zero-order valence-corrected chi connectivity index (χ0v) is 15.5. The first-order valence-corrected chi connectivity index (χ1v) is 8.32. The summed E-state index contributed by atoms with van der Waals surface area (Å²) in [5.41, 5.74) is 0.592. The van der Waals surface area contributed by atoms with Crippen LogP contribution in [0.1, 0.15) is 43.9 Å². The van der Waals surface area contributed by atoms with Crippen LogP contribution in [0.3, 0.4) is 0 Å². The van der Waals surface area contributed by atoms with Crippen LogP contribution in [-0.4, -0.2) is 21.7 Å². The summed E-state index contributed by atoms with van der Waals surface area (Å²) in [6.07, 6.45) is -0.181. The summed E-state index contributed by atoms with van der Waals surface area (Å²) in [6, 6.07) is 8.16. The lowest BCUT2D eigenvalue weighted by Crippen LogP contribution is -2.36. The minimum absolute atomic E-state index is 0.227. The second kappa shape index (κ2) is 7.70. The highest BCUT2D eigenvalue weighted by atomic mass is 35.5. The Morgan fingerprint density at radius 1 is 1.32 bits per heavy atom. The van der Waals surface area contributed by atoms with Crippen molar-refractivity contribution >= 4 is 17.7 Å². The standard InChI is InChI=1S/C18H22ClN3O3/c1-11-20-14(10-16(23)21-11)9-15(12-5-7-13(19)8-6-12)22-17(24)25-18(2,3)4/h5-8,10,15H,9H2,1-4H3,(H,22,24)(H,20,21,23). The molecule has 0 spiro atoms. The summed E-state index contributed by atoms with van der Waals surface area (Å²) >= 11 is 5.94. The summed E-state index contributed by atoms with van der Waals surface area (Å²) < 4.78 is 5.33. The number of rotatable bonds is 4. The van der Waals surface area contributed by atoms with Crippen LogP contribution in [0.2, 0.25) is 5.02 Å². The van der Waals surface area contributed by atoms with Crippen molar-refractivity contribution in [1.29, 1.82) is 0 Å². The van der Waals surface area contributed by atoms with Gasteiger partial charge in [0.1, 0.15) is 11.4 Å². The topological polar surface area (TPSA) is 84.1 Å². The SMILES string of the molecule is Cc1nc(CC(NC(=O)OC(C)(C)C)c2ccc(Cl)cc2)cc(=O)[nH]1. The fourth-order valence-electron chi connectivity index (χ4n) is 2.35. The maximum atomic E-state index is 12.2. The summed E-state index contributed by atoms with van der Waals surface area (Å²) in [4.78, 5) is 30.8. The number of aromatic nitrogens is 2. The molecule has 2 rings (SSSR count). The molecule has 0 fully saturated rings. The summed E-state index contributed by atoms with van der Waals surface area (Å²) in [5, 5.41) is 3.44. The fourth-order valence-corrected chi connectivity index (χ4v) is 2.48. The molecule has 0 aliphatic heterocycles. The number of carbonyl (C=O) groups is 1. The van der Waals surface area contributed by atoms with Gasteiger partial charge in [-0.2, -0.15) is 0 Å². The third-order valence-corrected chi connectivity index (χ3v) is 3.54. The predicted octanol–water partition coefficient (Wildman–Crippen LogP) is 3.54. The van der Waals surface area contributed by atoms with E-state index in [1.54, 1.807) is 39.8 Å². The number of hydrogen-bond acceptors (Lipinski definition) is 4. The van der Waals surface area contributed by atoms with Gasteiger partial charge in [-0.3, -0.25) is 4.79 Å². The molecule has 1 unspecified atom stereocenters. The van der Waals surface area contributed by atoms with Gasteiger partial charge >= 0.3 is 6.09 Å². The summed E-state index contributed by atoms with van der Waals surface area (Å²) in [7, 11) is 0. The molecule has 1 amide bonds. The average Bonchev–Trinajstić information content (AvgIpc) is 2.44. The molecular weight excluding hydrogens is 342 g/mol. The van der Waals surface area contributed by atoms with Crippen molar-refractivity contribution in [2.45, 2.75) is 45.8 Å². The number of H-pyrrole nitrogens is 1. The van der Waals surface area contributed by atoms with Gasteiger partial charge in [-0.25, -0.2) is 9.78 Å². The third-order valence-electron chi connectivity index (χ3n) is 3.29. The van der Waals surface area contributed by atoms with E-state index in [1.807, 2.05) is 12.1 Å². The molecule has 25 heavy (non-hydrogen) atoms. The average molecular weight is 364 g/mol. The van der Waals surface area contributed by atoms with Crippen LogP contribution in [0.5, 0.6) is 0 Å². The van der Waals surface area contributed by atoms with Crippen LogP contribution in [0, 0.1) is 6.92 Å². The molecule has 1 heterocycles. The molecule has 6 nitrogen and oxygen atoms in total. The lowest BCUT2D eigenvalue weighted by atomic mass is 10.0. The lowest BCUT2D eigenvalue weighted by molar-refractivity contribution is 0.0503. The second-order valence-electron chi connectivity index (χ2n) is 6.78. The number of aryl methyl sites for hydroxylation is 1. The van der Waals surface area contributed by atoms with E-state index in [4.69, 9.17) is 16.3 Å². The molecule has 7 heteroatoms. The first kappa shape index (κ1) is 19.0. The van der Waals surface area contributed by atoms with E-state index in [0.29, 0.717) is 23.0 Å². The zero-order chi connectivity index (χ0) is 18.6. The molecule has 0 saturated heterocycles. The number of benzene rings is 1. The van der Waals surface area contributed by atoms with Gasteiger partial charge < -0.3 is 15.0 Å². The van der Waals surface area contributed by atoms with E-state index >= 15 is 0 Å². The van der Waals surface area contributed by atoms with Gasteiger partial charge in [-0.1, -0.05) is 23.7 Å². The molecule has 0 radical (unpaired) electrons.